The molecule has 2 aliphatic rings. The van der Waals surface area contributed by atoms with Crippen LogP contribution < -0.4 is 5.14 Å². The zero-order chi connectivity index (χ0) is 16.8. The Morgan fingerprint density at radius 2 is 2.00 bits per heavy atom. The normalized spacial score (nSPS) is 22.6. The maximum Gasteiger partial charge on any atom is 0.407 e. The largest absolute Gasteiger partial charge is 0.407 e. The highest BCUT2D eigenvalue weighted by molar-refractivity contribution is 8.38. The Bertz CT molecular complexity index is 851. The van der Waals surface area contributed by atoms with Crippen LogP contribution in [0.15, 0.2) is 22.0 Å². The maximum atomic E-state index is 12.6. The summed E-state index contributed by atoms with van der Waals surface area (Å²) in [4.78, 5) is 2.35. The summed E-state index contributed by atoms with van der Waals surface area (Å²) in [7, 11) is -7.57. The zero-order valence-corrected chi connectivity index (χ0v) is 15.0. The average molecular weight is 380 g/mol. The van der Waals surface area contributed by atoms with Crippen molar-refractivity contribution in [2.75, 3.05) is 39.9 Å². The maximum absolute atomic E-state index is 12.6. The molecule has 1 aromatic rings. The van der Waals surface area contributed by atoms with E-state index in [-0.39, 0.29) is 9.77 Å². The third kappa shape index (κ3) is 3.04. The quantitative estimate of drug-likeness (QED) is 0.574. The van der Waals surface area contributed by atoms with Gasteiger partial charge in [0, 0.05) is 44.5 Å². The van der Waals surface area contributed by atoms with Crippen LogP contribution in [-0.4, -0.2) is 65.9 Å². The predicted molar refractivity (Wildman–Crippen MR) is 87.6 cm³/mol. The molecule has 128 valence electrons. The van der Waals surface area contributed by atoms with Gasteiger partial charge >= 0.3 is 9.06 Å². The van der Waals surface area contributed by atoms with Gasteiger partial charge < -0.3 is 4.74 Å². The minimum atomic E-state index is -3.88. The van der Waals surface area contributed by atoms with Crippen molar-refractivity contribution in [2.45, 2.75) is 4.90 Å². The summed E-state index contributed by atoms with van der Waals surface area (Å²) in [6, 6.07) is 1.33. The molecule has 0 aromatic carbocycles. The van der Waals surface area contributed by atoms with Gasteiger partial charge in [0.25, 0.3) is 10.0 Å². The number of morpholine rings is 1. The Morgan fingerprint density at radius 3 is 2.61 bits per heavy atom. The molecular formula is C12H18N3O5S3+. The van der Waals surface area contributed by atoms with Crippen molar-refractivity contribution < 1.29 is 21.6 Å². The molecule has 2 aliphatic heterocycles. The summed E-state index contributed by atoms with van der Waals surface area (Å²) >= 11 is 0. The number of sulfonamides is 1. The van der Waals surface area contributed by atoms with Gasteiger partial charge in [-0.2, -0.15) is 13.6 Å². The molecule has 1 fully saturated rings. The topological polar surface area (TPSA) is 110 Å². The first-order valence-electron chi connectivity index (χ1n) is 6.90. The molecule has 1 unspecified atom stereocenters. The van der Waals surface area contributed by atoms with Gasteiger partial charge in [-0.05, 0) is 0 Å². The number of hydrogen-bond acceptors (Lipinski definition) is 6. The summed E-state index contributed by atoms with van der Waals surface area (Å²) in [6.07, 6.45) is 1.64. The number of fused-ring (bicyclic) bond motifs is 1. The molecule has 1 saturated heterocycles. The van der Waals surface area contributed by atoms with Gasteiger partial charge in [-0.25, -0.2) is 8.42 Å². The number of hydrogen-bond donors (Lipinski definition) is 1. The van der Waals surface area contributed by atoms with Crippen LogP contribution in [0.1, 0.15) is 4.88 Å². The lowest BCUT2D eigenvalue weighted by molar-refractivity contribution is 0.0409. The van der Waals surface area contributed by atoms with E-state index >= 15 is 0 Å². The van der Waals surface area contributed by atoms with E-state index in [1.165, 1.54) is 22.8 Å². The molecule has 1 atom stereocenters. The third-order valence-electron chi connectivity index (χ3n) is 3.88. The van der Waals surface area contributed by atoms with E-state index in [9.17, 15) is 16.8 Å². The van der Waals surface area contributed by atoms with E-state index in [1.807, 2.05) is 0 Å². The molecule has 3 rings (SSSR count). The molecule has 0 bridgehead atoms. The van der Waals surface area contributed by atoms with Crippen LogP contribution in [-0.2, 0) is 23.8 Å². The van der Waals surface area contributed by atoms with Gasteiger partial charge in [-0.3, -0.25) is 9.21 Å². The first-order valence-corrected chi connectivity index (χ1v) is 11.7. The van der Waals surface area contributed by atoms with E-state index in [0.29, 0.717) is 38.5 Å². The number of ether oxygens (including phenoxy) is 1. The molecule has 0 spiro atoms. The number of thiophene rings is 1. The van der Waals surface area contributed by atoms with Crippen LogP contribution in [0.4, 0.5) is 0 Å². The molecule has 2 N–H and O–H groups in total. The molecule has 0 radical (unpaired) electrons. The second-order valence-electron chi connectivity index (χ2n) is 5.32. The summed E-state index contributed by atoms with van der Waals surface area (Å²) in [5, 5.41) is 6.58. The fourth-order valence-electron chi connectivity index (χ4n) is 2.60. The lowest BCUT2D eigenvalue weighted by Gasteiger charge is -2.31. The van der Waals surface area contributed by atoms with Crippen molar-refractivity contribution >= 4 is 34.7 Å². The number of nitrogens with zero attached hydrogens (tertiary/aromatic N) is 2. The monoisotopic (exact) mass is 380 g/mol. The standard InChI is InChI=1S/C12H18N3O5S3/c1-14-10(9-15-3-5-20-6-4-15)8-11-12(22(14,16)17)2-7-21(11)23(13,18)19/h2,7-8H,3-6,9H2,1H3,(H2,13,18,19)/q+1. The molecule has 0 saturated carbocycles. The molecule has 3 heterocycles. The number of nitrogens with two attached hydrogens (primary N) is 1. The molecule has 0 amide bonds. The SMILES string of the molecule is CN1C(CN2CCOCC2)=Cc2c(cc[s+]2S(N)(=O)=O)S1(=O)=O. The molecule has 1 aromatic heterocycles. The van der Waals surface area contributed by atoms with Crippen LogP contribution in [0.3, 0.4) is 0 Å². The highest BCUT2D eigenvalue weighted by atomic mass is 33.2. The molecule has 11 heteroatoms. The summed E-state index contributed by atoms with van der Waals surface area (Å²) in [6.45, 7) is 3.02. The van der Waals surface area contributed by atoms with Gasteiger partial charge in [-0.15, -0.1) is 0 Å². The highest BCUT2D eigenvalue weighted by Gasteiger charge is 2.40. The molecule has 0 aliphatic carbocycles. The summed E-state index contributed by atoms with van der Waals surface area (Å²) < 4.78 is 55.2. The van der Waals surface area contributed by atoms with E-state index in [4.69, 9.17) is 9.88 Å². The Morgan fingerprint density at radius 1 is 1.35 bits per heavy atom. The van der Waals surface area contributed by atoms with Gasteiger partial charge in [0.15, 0.2) is 10.3 Å². The van der Waals surface area contributed by atoms with Crippen molar-refractivity contribution in [3.63, 3.8) is 0 Å². The number of likely N-dealkylation sites (N-methyl/N-ethyl adjacent to an activating group) is 1. The second kappa shape index (κ2) is 5.83. The van der Waals surface area contributed by atoms with Gasteiger partial charge in [-0.1, -0.05) is 0 Å². The molecule has 23 heavy (non-hydrogen) atoms. The van der Waals surface area contributed by atoms with E-state index in [2.05, 4.69) is 4.90 Å². The fraction of sp³-hybridized carbons (Fsp3) is 0.500. The Balaban J connectivity index is 2.05. The zero-order valence-electron chi connectivity index (χ0n) is 12.5. The van der Waals surface area contributed by atoms with Gasteiger partial charge in [0.2, 0.25) is 4.88 Å². The van der Waals surface area contributed by atoms with Gasteiger partial charge in [0.1, 0.15) is 9.50 Å². The van der Waals surface area contributed by atoms with Crippen molar-refractivity contribution in [1.29, 1.82) is 0 Å². The van der Waals surface area contributed by atoms with Crippen LogP contribution in [0.25, 0.3) is 6.08 Å². The second-order valence-corrected chi connectivity index (χ2v) is 12.0. The Hall–Kier alpha value is -0.980. The molecule has 8 nitrogen and oxygen atoms in total. The lowest BCUT2D eigenvalue weighted by atomic mass is 10.3. The lowest BCUT2D eigenvalue weighted by Crippen LogP contribution is -2.41. The predicted octanol–water partition coefficient (Wildman–Crippen LogP) is -0.205. The van der Waals surface area contributed by atoms with Crippen LogP contribution in [0.2, 0.25) is 0 Å². The summed E-state index contributed by atoms with van der Waals surface area (Å²) in [5.74, 6) is 0. The van der Waals surface area contributed by atoms with Crippen molar-refractivity contribution in [3.8, 4) is 0 Å². The molecular weight excluding hydrogens is 362 g/mol. The van der Waals surface area contributed by atoms with Crippen molar-refractivity contribution in [2.24, 2.45) is 5.14 Å². The van der Waals surface area contributed by atoms with Crippen LogP contribution >= 0.6 is 9.50 Å². The van der Waals surface area contributed by atoms with Gasteiger partial charge in [0.05, 0.1) is 13.2 Å². The fourth-order valence-corrected chi connectivity index (χ4v) is 7.82. The third-order valence-corrected chi connectivity index (χ3v) is 9.91. The first kappa shape index (κ1) is 16.9. The highest BCUT2D eigenvalue weighted by Crippen LogP contribution is 2.41. The number of rotatable bonds is 3. The Kier molecular flexibility index (Phi) is 4.27. The van der Waals surface area contributed by atoms with Crippen LogP contribution in [0, 0.1) is 0 Å². The minimum absolute atomic E-state index is 0.0167. The van der Waals surface area contributed by atoms with E-state index in [1.54, 1.807) is 6.08 Å². The van der Waals surface area contributed by atoms with Crippen LogP contribution in [0.5, 0.6) is 0 Å². The van der Waals surface area contributed by atoms with Crippen molar-refractivity contribution in [3.05, 3.63) is 22.0 Å². The van der Waals surface area contributed by atoms with E-state index in [0.717, 1.165) is 0 Å². The smallest absolute Gasteiger partial charge is 0.379 e. The van der Waals surface area contributed by atoms with Crippen molar-refractivity contribution in [1.82, 2.24) is 9.21 Å². The van der Waals surface area contributed by atoms with E-state index < -0.39 is 28.6 Å². The minimum Gasteiger partial charge on any atom is -0.379 e. The Labute approximate surface area is 137 Å². The average Bonchev–Trinajstić information content (AvgIpc) is 2.91. The summed E-state index contributed by atoms with van der Waals surface area (Å²) in [5.41, 5.74) is 0.538. The first-order chi connectivity index (χ1) is 10.7.